The first-order chi connectivity index (χ1) is 18.5. The smallest absolute Gasteiger partial charge is 0.325 e. The molecule has 1 heterocycles. The number of hydrogen-bond donors (Lipinski definition) is 0. The molecule has 0 fully saturated rings. The Balaban J connectivity index is 1.38. The molecule has 38 heavy (non-hydrogen) atoms. The monoisotopic (exact) mass is 541 g/mol. The molecule has 0 aliphatic heterocycles. The van der Waals surface area contributed by atoms with E-state index in [9.17, 15) is 4.79 Å². The third-order valence-corrected chi connectivity index (χ3v) is 6.78. The summed E-state index contributed by atoms with van der Waals surface area (Å²) in [7, 11) is 1.38. The lowest BCUT2D eigenvalue weighted by atomic mass is 10.1. The van der Waals surface area contributed by atoms with Crippen LogP contribution in [0.5, 0.6) is 5.75 Å². The molecule has 4 nitrogen and oxygen atoms in total. The molecule has 0 saturated heterocycles. The third kappa shape index (κ3) is 6.10. The summed E-state index contributed by atoms with van der Waals surface area (Å²) in [6.45, 7) is 0.618. The number of methoxy groups -OCH3 is 1. The molecule has 0 N–H and O–H groups in total. The van der Waals surface area contributed by atoms with Crippen molar-refractivity contribution in [2.24, 2.45) is 0 Å². The van der Waals surface area contributed by atoms with E-state index in [1.807, 2.05) is 71.4 Å². The number of hydrogen-bond acceptors (Lipinski definition) is 3. The van der Waals surface area contributed by atoms with Crippen LogP contribution in [0.15, 0.2) is 97.2 Å². The molecule has 0 saturated carbocycles. The minimum Gasteiger partial charge on any atom is -0.489 e. The van der Waals surface area contributed by atoms with Crippen LogP contribution < -0.4 is 4.74 Å². The Kier molecular flexibility index (Phi) is 7.83. The maximum absolute atomic E-state index is 12.0. The van der Waals surface area contributed by atoms with Crippen molar-refractivity contribution in [3.63, 3.8) is 0 Å². The Bertz CT molecular complexity index is 1620. The predicted octanol–water partition coefficient (Wildman–Crippen LogP) is 8.54. The topological polar surface area (TPSA) is 40.5 Å². The molecule has 0 radical (unpaired) electrons. The zero-order valence-electron chi connectivity index (χ0n) is 20.7. The van der Waals surface area contributed by atoms with Gasteiger partial charge in [-0.2, -0.15) is 0 Å². The fourth-order valence-corrected chi connectivity index (χ4v) is 4.75. The first-order valence-corrected chi connectivity index (χ1v) is 12.8. The Morgan fingerprint density at radius 2 is 1.66 bits per heavy atom. The van der Waals surface area contributed by atoms with Gasteiger partial charge in [0.25, 0.3) is 0 Å². The number of benzene rings is 4. The summed E-state index contributed by atoms with van der Waals surface area (Å²) >= 11 is 12.5. The van der Waals surface area contributed by atoms with Crippen molar-refractivity contribution in [1.29, 1.82) is 0 Å². The van der Waals surface area contributed by atoms with Crippen molar-refractivity contribution >= 4 is 52.1 Å². The van der Waals surface area contributed by atoms with Crippen LogP contribution in [0.1, 0.15) is 16.8 Å². The quantitative estimate of drug-likeness (QED) is 0.185. The second-order valence-corrected chi connectivity index (χ2v) is 9.70. The average molecular weight is 542 g/mol. The summed E-state index contributed by atoms with van der Waals surface area (Å²) in [5, 5.41) is 3.32. The second-order valence-electron chi connectivity index (χ2n) is 8.86. The van der Waals surface area contributed by atoms with Gasteiger partial charge in [0, 0.05) is 33.1 Å². The number of carbonyl (C=O) groups excluding carboxylic acids is 1. The molecule has 5 rings (SSSR count). The number of carbonyl (C=O) groups is 1. The molecule has 0 spiro atoms. The molecular weight excluding hydrogens is 517 g/mol. The summed E-state index contributed by atoms with van der Waals surface area (Å²) in [5.74, 6) is 0.499. The number of ether oxygens (including phenoxy) is 2. The molecular formula is C32H25Cl2NO3. The number of aromatic nitrogens is 1. The van der Waals surface area contributed by atoms with Crippen molar-refractivity contribution in [2.75, 3.05) is 7.11 Å². The first kappa shape index (κ1) is 25.7. The van der Waals surface area contributed by atoms with Crippen LogP contribution in [0.25, 0.3) is 34.1 Å². The Morgan fingerprint density at radius 3 is 2.45 bits per heavy atom. The van der Waals surface area contributed by atoms with Crippen LogP contribution in [-0.2, 0) is 22.7 Å². The lowest BCUT2D eigenvalue weighted by molar-refractivity contribution is -0.141. The largest absolute Gasteiger partial charge is 0.489 e. The summed E-state index contributed by atoms with van der Waals surface area (Å²) in [6.07, 6.45) is 5.90. The maximum Gasteiger partial charge on any atom is 0.325 e. The van der Waals surface area contributed by atoms with Crippen LogP contribution in [0, 0.1) is 0 Å². The van der Waals surface area contributed by atoms with E-state index in [4.69, 9.17) is 32.7 Å². The Morgan fingerprint density at radius 1 is 0.868 bits per heavy atom. The van der Waals surface area contributed by atoms with E-state index >= 15 is 0 Å². The molecule has 0 aliphatic rings. The van der Waals surface area contributed by atoms with Gasteiger partial charge in [-0.25, -0.2) is 0 Å². The highest BCUT2D eigenvalue weighted by Gasteiger charge is 2.12. The molecule has 4 aromatic carbocycles. The summed E-state index contributed by atoms with van der Waals surface area (Å²) in [6, 6.07) is 29.8. The second kappa shape index (κ2) is 11.6. The molecule has 5 aromatic rings. The van der Waals surface area contributed by atoms with Crippen LogP contribution in [0.3, 0.4) is 0 Å². The van der Waals surface area contributed by atoms with Gasteiger partial charge in [-0.05, 0) is 64.4 Å². The van der Waals surface area contributed by atoms with Crippen molar-refractivity contribution in [2.45, 2.75) is 13.2 Å². The van der Waals surface area contributed by atoms with Crippen LogP contribution >= 0.6 is 23.2 Å². The van der Waals surface area contributed by atoms with Crippen molar-refractivity contribution in [1.82, 2.24) is 4.57 Å². The summed E-state index contributed by atoms with van der Waals surface area (Å²) < 4.78 is 12.7. The third-order valence-electron chi connectivity index (χ3n) is 6.23. The number of fused-ring (bicyclic) bond motifs is 1. The van der Waals surface area contributed by atoms with E-state index in [1.165, 1.54) is 7.11 Å². The van der Waals surface area contributed by atoms with Gasteiger partial charge in [0.2, 0.25) is 0 Å². The minimum atomic E-state index is -0.333. The SMILES string of the molecule is COC(=O)Cn1cc(-c2ccc(Cl)cc2Cl)cc1C=Cc1ccc2cc(OCc3ccccc3)ccc2c1. The molecule has 0 aliphatic carbocycles. The van der Waals surface area contributed by atoms with E-state index in [0.717, 1.165) is 44.5 Å². The van der Waals surface area contributed by atoms with E-state index in [2.05, 4.69) is 30.3 Å². The van der Waals surface area contributed by atoms with Crippen molar-refractivity contribution in [3.8, 4) is 16.9 Å². The highest BCUT2D eigenvalue weighted by Crippen LogP contribution is 2.32. The van der Waals surface area contributed by atoms with Crippen LogP contribution in [0.4, 0.5) is 0 Å². The molecule has 0 bridgehead atoms. The average Bonchev–Trinajstić information content (AvgIpc) is 3.32. The van der Waals surface area contributed by atoms with Gasteiger partial charge in [0.15, 0.2) is 0 Å². The van der Waals surface area contributed by atoms with Crippen molar-refractivity contribution in [3.05, 3.63) is 124 Å². The zero-order valence-corrected chi connectivity index (χ0v) is 22.2. The van der Waals surface area contributed by atoms with Gasteiger partial charge < -0.3 is 14.0 Å². The zero-order chi connectivity index (χ0) is 26.5. The fraction of sp³-hybridized carbons (Fsp3) is 0.0938. The molecule has 0 amide bonds. The predicted molar refractivity (Wildman–Crippen MR) is 156 cm³/mol. The highest BCUT2D eigenvalue weighted by molar-refractivity contribution is 6.36. The molecule has 0 unspecified atom stereocenters. The Hall–Kier alpha value is -3.99. The van der Waals surface area contributed by atoms with E-state index in [1.54, 1.807) is 12.1 Å². The minimum absolute atomic E-state index is 0.0882. The van der Waals surface area contributed by atoms with Gasteiger partial charge >= 0.3 is 5.97 Å². The number of nitrogens with zero attached hydrogens (tertiary/aromatic N) is 1. The summed E-state index contributed by atoms with van der Waals surface area (Å²) in [4.78, 5) is 12.0. The number of halogens is 2. The fourth-order valence-electron chi connectivity index (χ4n) is 4.24. The highest BCUT2D eigenvalue weighted by atomic mass is 35.5. The van der Waals surface area contributed by atoms with Crippen LogP contribution in [0.2, 0.25) is 10.0 Å². The van der Waals surface area contributed by atoms with Crippen molar-refractivity contribution < 1.29 is 14.3 Å². The lowest BCUT2D eigenvalue weighted by Crippen LogP contribution is -2.11. The molecule has 0 atom stereocenters. The number of esters is 1. The van der Waals surface area contributed by atoms with Gasteiger partial charge in [-0.15, -0.1) is 0 Å². The Labute approximate surface area is 231 Å². The molecule has 1 aromatic heterocycles. The first-order valence-electron chi connectivity index (χ1n) is 12.1. The van der Waals surface area contributed by atoms with Gasteiger partial charge in [-0.3, -0.25) is 4.79 Å². The van der Waals surface area contributed by atoms with E-state index in [0.29, 0.717) is 16.7 Å². The van der Waals surface area contributed by atoms with Gasteiger partial charge in [0.05, 0.1) is 7.11 Å². The van der Waals surface area contributed by atoms with Gasteiger partial charge in [-0.1, -0.05) is 83.9 Å². The molecule has 6 heteroatoms. The van der Waals surface area contributed by atoms with Gasteiger partial charge in [0.1, 0.15) is 18.9 Å². The maximum atomic E-state index is 12.0. The molecule has 190 valence electrons. The lowest BCUT2D eigenvalue weighted by Gasteiger charge is -2.08. The van der Waals surface area contributed by atoms with E-state index in [-0.39, 0.29) is 12.5 Å². The van der Waals surface area contributed by atoms with Crippen LogP contribution in [-0.4, -0.2) is 17.6 Å². The van der Waals surface area contributed by atoms with E-state index < -0.39 is 0 Å². The normalized spacial score (nSPS) is 11.2. The summed E-state index contributed by atoms with van der Waals surface area (Å²) in [5.41, 5.74) is 4.74. The number of rotatable bonds is 8. The standard InChI is InChI=1S/C32H25Cl2NO3/c1-37-32(36)20-35-19-26(30-14-11-27(33)18-31(30)34)16-28(35)12-8-22-7-9-25-17-29(13-10-24(25)15-22)38-21-23-5-3-2-4-6-23/h2-19H,20-21H2,1H3.